The van der Waals surface area contributed by atoms with Gasteiger partial charge in [-0.3, -0.25) is 14.9 Å². The predicted molar refractivity (Wildman–Crippen MR) is 148 cm³/mol. The fourth-order valence-electron chi connectivity index (χ4n) is 4.27. The maximum atomic E-state index is 13.5. The summed E-state index contributed by atoms with van der Waals surface area (Å²) in [5.74, 6) is -0.315. The molecule has 12 nitrogen and oxygen atoms in total. The smallest absolute Gasteiger partial charge is 0.274 e. The van der Waals surface area contributed by atoms with Crippen molar-refractivity contribution in [3.63, 3.8) is 0 Å². The Morgan fingerprint density at radius 1 is 1.18 bits per heavy atom. The van der Waals surface area contributed by atoms with E-state index in [0.29, 0.717) is 44.0 Å². The van der Waals surface area contributed by atoms with Crippen LogP contribution in [-0.2, 0) is 14.8 Å². The quantitative estimate of drug-likeness (QED) is 0.299. The fourth-order valence-corrected chi connectivity index (χ4v) is 5.74. The SMILES string of the molecule is CC[C@H](C)NS(=O)(=O)c1cc([N+](=O)[O-])ccc1Oc1c(C)c(C(=O)N2CCOCC2)nn1-c1cccc(C)c1C. The predicted octanol–water partition coefficient (Wildman–Crippen LogP) is 4.05. The number of hydrogen-bond donors (Lipinski definition) is 1. The molecule has 1 saturated heterocycles. The highest BCUT2D eigenvalue weighted by Gasteiger charge is 2.30. The third kappa shape index (κ3) is 5.86. The Morgan fingerprint density at radius 2 is 1.88 bits per heavy atom. The average molecular weight is 572 g/mol. The van der Waals surface area contributed by atoms with E-state index in [2.05, 4.69) is 9.82 Å². The Bertz CT molecular complexity index is 1540. The summed E-state index contributed by atoms with van der Waals surface area (Å²) in [6.07, 6.45) is 0.510. The number of hydrogen-bond acceptors (Lipinski definition) is 8. The summed E-state index contributed by atoms with van der Waals surface area (Å²) < 4.78 is 42.3. The third-order valence-electron chi connectivity index (χ3n) is 6.98. The molecular weight excluding hydrogens is 538 g/mol. The van der Waals surface area contributed by atoms with Gasteiger partial charge in [0.1, 0.15) is 10.6 Å². The van der Waals surface area contributed by atoms with Gasteiger partial charge in [0.05, 0.1) is 23.8 Å². The summed E-state index contributed by atoms with van der Waals surface area (Å²) >= 11 is 0. The number of nitro groups is 1. The molecule has 0 spiro atoms. The molecule has 1 aliphatic heterocycles. The van der Waals surface area contributed by atoms with Gasteiger partial charge in [0.2, 0.25) is 15.9 Å². The lowest BCUT2D eigenvalue weighted by Crippen LogP contribution is -2.41. The number of carbonyl (C=O) groups excluding carboxylic acids is 1. The summed E-state index contributed by atoms with van der Waals surface area (Å²) in [5, 5.41) is 16.1. The normalized spacial score (nSPS) is 14.7. The number of non-ortho nitro benzene ring substituents is 1. The van der Waals surface area contributed by atoms with Crippen LogP contribution in [-0.4, -0.2) is 66.3 Å². The van der Waals surface area contributed by atoms with Crippen molar-refractivity contribution >= 4 is 21.6 Å². The Labute approximate surface area is 233 Å². The summed E-state index contributed by atoms with van der Waals surface area (Å²) in [6, 6.07) is 8.57. The number of nitrogens with one attached hydrogen (secondary N) is 1. The van der Waals surface area contributed by atoms with Crippen LogP contribution in [0, 0.1) is 30.9 Å². The lowest BCUT2D eigenvalue weighted by atomic mass is 10.1. The molecule has 2 heterocycles. The van der Waals surface area contributed by atoms with Crippen molar-refractivity contribution in [1.82, 2.24) is 19.4 Å². The first-order chi connectivity index (χ1) is 18.9. The first-order valence-corrected chi connectivity index (χ1v) is 14.4. The standard InChI is InChI=1S/C27H33N5O7S/c1-6-18(3)29-40(36,37)24-16-21(32(34)35)10-11-23(24)39-27-20(5)25(26(33)30-12-14-38-15-13-30)28-31(27)22-9-7-8-17(2)19(22)4/h7-11,16,18,29H,6,12-15H2,1-5H3/t18-/m0/s1. The summed E-state index contributed by atoms with van der Waals surface area (Å²) in [4.78, 5) is 25.6. The van der Waals surface area contributed by atoms with Crippen LogP contribution in [0.25, 0.3) is 5.69 Å². The lowest BCUT2D eigenvalue weighted by Gasteiger charge is -2.26. The average Bonchev–Trinajstić information content (AvgIpc) is 3.25. The van der Waals surface area contributed by atoms with Crippen molar-refractivity contribution in [2.45, 2.75) is 52.0 Å². The molecule has 1 amide bonds. The van der Waals surface area contributed by atoms with E-state index in [1.54, 1.807) is 18.7 Å². The molecular formula is C27H33N5O7S. The zero-order chi connectivity index (χ0) is 29.2. The van der Waals surface area contributed by atoms with E-state index in [0.717, 1.165) is 17.2 Å². The van der Waals surface area contributed by atoms with Crippen molar-refractivity contribution in [2.24, 2.45) is 0 Å². The first kappa shape index (κ1) is 29.2. The van der Waals surface area contributed by atoms with Gasteiger partial charge >= 0.3 is 0 Å². The van der Waals surface area contributed by atoms with Crippen molar-refractivity contribution in [3.8, 4) is 17.3 Å². The van der Waals surface area contributed by atoms with Crippen molar-refractivity contribution in [2.75, 3.05) is 26.3 Å². The van der Waals surface area contributed by atoms with Crippen LogP contribution in [0.15, 0.2) is 41.3 Å². The number of ether oxygens (including phenoxy) is 2. The van der Waals surface area contributed by atoms with Gasteiger partial charge in [0.15, 0.2) is 5.69 Å². The topological polar surface area (TPSA) is 146 Å². The molecule has 1 aromatic heterocycles. The van der Waals surface area contributed by atoms with Gasteiger partial charge in [0, 0.05) is 36.8 Å². The number of rotatable bonds is 9. The molecule has 1 fully saturated rings. The second kappa shape index (κ2) is 11.7. The van der Waals surface area contributed by atoms with Crippen LogP contribution in [0.2, 0.25) is 0 Å². The Morgan fingerprint density at radius 3 is 2.52 bits per heavy atom. The number of amides is 1. The van der Waals surface area contributed by atoms with Gasteiger partial charge in [-0.1, -0.05) is 19.1 Å². The van der Waals surface area contributed by atoms with Gasteiger partial charge in [-0.15, -0.1) is 0 Å². The van der Waals surface area contributed by atoms with Crippen molar-refractivity contribution in [3.05, 3.63) is 68.9 Å². The minimum Gasteiger partial charge on any atom is -0.437 e. The molecule has 1 aliphatic rings. The Hall–Kier alpha value is -3.81. The Balaban J connectivity index is 1.89. The van der Waals surface area contributed by atoms with Crippen LogP contribution in [0.4, 0.5) is 5.69 Å². The highest BCUT2D eigenvalue weighted by Crippen LogP contribution is 2.37. The number of benzene rings is 2. The Kier molecular flexibility index (Phi) is 8.57. The van der Waals surface area contributed by atoms with Crippen LogP contribution >= 0.6 is 0 Å². The molecule has 214 valence electrons. The number of nitro benzene ring substituents is 1. The molecule has 2 aromatic carbocycles. The highest BCUT2D eigenvalue weighted by molar-refractivity contribution is 7.89. The van der Waals surface area contributed by atoms with E-state index in [1.807, 2.05) is 39.0 Å². The number of morpholine rings is 1. The van der Waals surface area contributed by atoms with Crippen LogP contribution in [0.5, 0.6) is 11.6 Å². The zero-order valence-corrected chi connectivity index (χ0v) is 23.9. The summed E-state index contributed by atoms with van der Waals surface area (Å²) in [7, 11) is -4.21. The summed E-state index contributed by atoms with van der Waals surface area (Å²) in [5.41, 5.74) is 2.66. The minimum atomic E-state index is -4.21. The van der Waals surface area contributed by atoms with Crippen LogP contribution < -0.4 is 9.46 Å². The fraction of sp³-hybridized carbons (Fsp3) is 0.407. The number of aromatic nitrogens is 2. The number of nitrogens with zero attached hydrogens (tertiary/aromatic N) is 4. The second-order valence-electron chi connectivity index (χ2n) is 9.73. The van der Waals surface area contributed by atoms with E-state index >= 15 is 0 Å². The van der Waals surface area contributed by atoms with E-state index in [4.69, 9.17) is 9.47 Å². The minimum absolute atomic E-state index is 0.124. The number of sulfonamides is 1. The zero-order valence-electron chi connectivity index (χ0n) is 23.1. The highest BCUT2D eigenvalue weighted by atomic mass is 32.2. The third-order valence-corrected chi connectivity index (χ3v) is 8.59. The van der Waals surface area contributed by atoms with Gasteiger partial charge in [-0.05, 0) is 57.4 Å². The number of carbonyl (C=O) groups is 1. The molecule has 3 aromatic rings. The molecule has 0 bridgehead atoms. The first-order valence-electron chi connectivity index (χ1n) is 13.0. The molecule has 1 N–H and O–H groups in total. The molecule has 13 heteroatoms. The maximum Gasteiger partial charge on any atom is 0.274 e. The van der Waals surface area contributed by atoms with E-state index in [-0.39, 0.29) is 23.2 Å². The molecule has 0 unspecified atom stereocenters. The molecule has 0 radical (unpaired) electrons. The largest absolute Gasteiger partial charge is 0.437 e. The second-order valence-corrected chi connectivity index (χ2v) is 11.4. The van der Waals surface area contributed by atoms with E-state index in [9.17, 15) is 23.3 Å². The lowest BCUT2D eigenvalue weighted by molar-refractivity contribution is -0.385. The molecule has 40 heavy (non-hydrogen) atoms. The molecule has 1 atom stereocenters. The molecule has 4 rings (SSSR count). The van der Waals surface area contributed by atoms with Crippen LogP contribution in [0.3, 0.4) is 0 Å². The van der Waals surface area contributed by atoms with Crippen molar-refractivity contribution in [1.29, 1.82) is 0 Å². The number of aryl methyl sites for hydroxylation is 1. The monoisotopic (exact) mass is 571 g/mol. The molecule has 0 saturated carbocycles. The van der Waals surface area contributed by atoms with Gasteiger partial charge in [0.25, 0.3) is 11.6 Å². The van der Waals surface area contributed by atoms with Crippen molar-refractivity contribution < 1.29 is 27.6 Å². The maximum absolute atomic E-state index is 13.5. The molecule has 0 aliphatic carbocycles. The summed E-state index contributed by atoms with van der Waals surface area (Å²) in [6.45, 7) is 10.7. The van der Waals surface area contributed by atoms with E-state index in [1.165, 1.54) is 16.8 Å². The van der Waals surface area contributed by atoms with E-state index < -0.39 is 31.6 Å². The van der Waals surface area contributed by atoms with Gasteiger partial charge in [-0.25, -0.2) is 13.1 Å². The van der Waals surface area contributed by atoms with Gasteiger partial charge < -0.3 is 14.4 Å². The van der Waals surface area contributed by atoms with Gasteiger partial charge in [-0.2, -0.15) is 9.78 Å². The van der Waals surface area contributed by atoms with Crippen LogP contribution in [0.1, 0.15) is 47.4 Å².